The molecule has 1 aromatic carbocycles. The lowest BCUT2D eigenvalue weighted by molar-refractivity contribution is 0.211. The van der Waals surface area contributed by atoms with Gasteiger partial charge < -0.3 is 15.4 Å². The minimum Gasteiger partial charge on any atom is -0.489 e. The van der Waals surface area contributed by atoms with Crippen LogP contribution in [-0.2, 0) is 7.05 Å². The highest BCUT2D eigenvalue weighted by molar-refractivity contribution is 5.88. The lowest BCUT2D eigenvalue weighted by atomic mass is 10.3. The van der Waals surface area contributed by atoms with Gasteiger partial charge in [0.15, 0.2) is 0 Å². The first-order valence-corrected chi connectivity index (χ1v) is 6.48. The van der Waals surface area contributed by atoms with Crippen LogP contribution in [0.4, 0.5) is 14.9 Å². The summed E-state index contributed by atoms with van der Waals surface area (Å²) < 4.78 is 20.1. The zero-order valence-electron chi connectivity index (χ0n) is 11.8. The number of amides is 2. The van der Waals surface area contributed by atoms with Gasteiger partial charge in [-0.25, -0.2) is 9.18 Å². The highest BCUT2D eigenvalue weighted by Gasteiger charge is 2.08. The van der Waals surface area contributed by atoms with E-state index in [1.807, 2.05) is 0 Å². The fourth-order valence-electron chi connectivity index (χ4n) is 1.71. The largest absolute Gasteiger partial charge is 0.489 e. The molecule has 7 heteroatoms. The highest BCUT2D eigenvalue weighted by atomic mass is 19.1. The minimum absolute atomic E-state index is 0.286. The molecule has 0 radical (unpaired) electrons. The number of aryl methyl sites for hydroxylation is 1. The van der Waals surface area contributed by atoms with Crippen molar-refractivity contribution in [3.63, 3.8) is 0 Å². The number of nitrogens with zero attached hydrogens (tertiary/aromatic N) is 2. The zero-order valence-corrected chi connectivity index (χ0v) is 11.8. The van der Waals surface area contributed by atoms with Crippen molar-refractivity contribution < 1.29 is 13.9 Å². The maximum Gasteiger partial charge on any atom is 0.319 e. The molecule has 1 aromatic heterocycles. The topological polar surface area (TPSA) is 68.2 Å². The minimum atomic E-state index is -0.359. The van der Waals surface area contributed by atoms with E-state index >= 15 is 0 Å². The lowest BCUT2D eigenvalue weighted by Gasteiger charge is -2.15. The van der Waals surface area contributed by atoms with Gasteiger partial charge >= 0.3 is 6.03 Å². The number of carbonyl (C=O) groups excluding carboxylic acids is 1. The Morgan fingerprint density at radius 2 is 2.33 bits per heavy atom. The van der Waals surface area contributed by atoms with Gasteiger partial charge in [0.05, 0.1) is 18.4 Å². The van der Waals surface area contributed by atoms with Crippen molar-refractivity contribution in [2.75, 3.05) is 11.9 Å². The van der Waals surface area contributed by atoms with Crippen LogP contribution in [0, 0.1) is 5.82 Å². The van der Waals surface area contributed by atoms with Gasteiger partial charge in [0, 0.05) is 19.3 Å². The third-order valence-corrected chi connectivity index (χ3v) is 2.65. The van der Waals surface area contributed by atoms with Crippen LogP contribution in [0.2, 0.25) is 0 Å². The number of benzene rings is 1. The molecule has 0 aliphatic carbocycles. The van der Waals surface area contributed by atoms with Gasteiger partial charge in [0.25, 0.3) is 0 Å². The summed E-state index contributed by atoms with van der Waals surface area (Å²) >= 11 is 0. The summed E-state index contributed by atoms with van der Waals surface area (Å²) in [7, 11) is 1.76. The fourth-order valence-corrected chi connectivity index (χ4v) is 1.71. The quantitative estimate of drug-likeness (QED) is 0.887. The number of carbonyl (C=O) groups is 1. The Balaban J connectivity index is 1.75. The van der Waals surface area contributed by atoms with E-state index in [-0.39, 0.29) is 18.0 Å². The smallest absolute Gasteiger partial charge is 0.319 e. The summed E-state index contributed by atoms with van der Waals surface area (Å²) in [6.07, 6.45) is 2.95. The molecule has 2 N–H and O–H groups in total. The second-order valence-corrected chi connectivity index (χ2v) is 4.62. The van der Waals surface area contributed by atoms with E-state index in [9.17, 15) is 9.18 Å². The summed E-state index contributed by atoms with van der Waals surface area (Å²) in [4.78, 5) is 11.7. The standard InChI is InChI=1S/C14H17FN4O2/c1-10(21-13-5-3-4-11(15)6-13)7-16-14(20)18-12-8-17-19(2)9-12/h3-6,8-10H,7H2,1-2H3,(H2,16,18,20). The third kappa shape index (κ3) is 4.79. The maximum absolute atomic E-state index is 13.0. The molecule has 2 amide bonds. The number of hydrogen-bond donors (Lipinski definition) is 2. The van der Waals surface area contributed by atoms with Gasteiger partial charge in [0.2, 0.25) is 0 Å². The van der Waals surface area contributed by atoms with Crippen molar-refractivity contribution in [2.24, 2.45) is 7.05 Å². The van der Waals surface area contributed by atoms with Crippen molar-refractivity contribution in [1.29, 1.82) is 0 Å². The van der Waals surface area contributed by atoms with E-state index in [1.54, 1.807) is 43.2 Å². The van der Waals surface area contributed by atoms with Crippen molar-refractivity contribution >= 4 is 11.7 Å². The Kier molecular flexibility index (Phi) is 4.76. The number of aromatic nitrogens is 2. The summed E-state index contributed by atoms with van der Waals surface area (Å²) in [6, 6.07) is 5.52. The molecule has 0 spiro atoms. The molecule has 0 bridgehead atoms. The number of rotatable bonds is 5. The van der Waals surface area contributed by atoms with E-state index in [0.29, 0.717) is 18.0 Å². The number of ether oxygens (including phenoxy) is 1. The van der Waals surface area contributed by atoms with E-state index in [2.05, 4.69) is 15.7 Å². The first-order chi connectivity index (χ1) is 10.0. The average Bonchev–Trinajstić information content (AvgIpc) is 2.82. The predicted molar refractivity (Wildman–Crippen MR) is 76.7 cm³/mol. The number of nitrogens with one attached hydrogen (secondary N) is 2. The van der Waals surface area contributed by atoms with Crippen LogP contribution < -0.4 is 15.4 Å². The van der Waals surface area contributed by atoms with Gasteiger partial charge in [-0.1, -0.05) is 6.07 Å². The number of anilines is 1. The van der Waals surface area contributed by atoms with Crippen LogP contribution in [0.25, 0.3) is 0 Å². The van der Waals surface area contributed by atoms with E-state index in [1.165, 1.54) is 12.1 Å². The molecule has 0 fully saturated rings. The molecular formula is C14H17FN4O2. The first kappa shape index (κ1) is 14.8. The van der Waals surface area contributed by atoms with Crippen molar-refractivity contribution in [3.8, 4) is 5.75 Å². The Morgan fingerprint density at radius 1 is 1.52 bits per heavy atom. The molecule has 6 nitrogen and oxygen atoms in total. The molecule has 2 aromatic rings. The SMILES string of the molecule is CC(CNC(=O)Nc1cnn(C)c1)Oc1cccc(F)c1. The van der Waals surface area contributed by atoms with Gasteiger partial charge in [-0.3, -0.25) is 4.68 Å². The summed E-state index contributed by atoms with van der Waals surface area (Å²) in [5, 5.41) is 9.25. The number of hydrogen-bond acceptors (Lipinski definition) is 3. The highest BCUT2D eigenvalue weighted by Crippen LogP contribution is 2.13. The van der Waals surface area contributed by atoms with Crippen molar-refractivity contribution in [1.82, 2.24) is 15.1 Å². The van der Waals surface area contributed by atoms with Crippen LogP contribution in [0.5, 0.6) is 5.75 Å². The van der Waals surface area contributed by atoms with Crippen LogP contribution in [0.1, 0.15) is 6.92 Å². The Hall–Kier alpha value is -2.57. The van der Waals surface area contributed by atoms with Crippen molar-refractivity contribution in [3.05, 3.63) is 42.5 Å². The predicted octanol–water partition coefficient (Wildman–Crippen LogP) is 2.15. The average molecular weight is 292 g/mol. The summed E-state index contributed by atoms with van der Waals surface area (Å²) in [5.41, 5.74) is 0.605. The molecule has 21 heavy (non-hydrogen) atoms. The van der Waals surface area contributed by atoms with E-state index in [0.717, 1.165) is 0 Å². The first-order valence-electron chi connectivity index (χ1n) is 6.48. The van der Waals surface area contributed by atoms with Crippen molar-refractivity contribution in [2.45, 2.75) is 13.0 Å². The van der Waals surface area contributed by atoms with Gasteiger partial charge in [-0.2, -0.15) is 5.10 Å². The number of urea groups is 1. The third-order valence-electron chi connectivity index (χ3n) is 2.65. The molecule has 2 rings (SSSR count). The molecule has 1 atom stereocenters. The molecule has 1 heterocycles. The lowest BCUT2D eigenvalue weighted by Crippen LogP contribution is -2.36. The summed E-state index contributed by atoms with van der Waals surface area (Å²) in [5.74, 6) is 0.0685. The molecule has 0 saturated carbocycles. The second kappa shape index (κ2) is 6.74. The Labute approximate surface area is 121 Å². The maximum atomic E-state index is 13.0. The van der Waals surface area contributed by atoms with Gasteiger partial charge in [-0.15, -0.1) is 0 Å². The van der Waals surface area contributed by atoms with Crippen LogP contribution in [-0.4, -0.2) is 28.5 Å². The zero-order chi connectivity index (χ0) is 15.2. The monoisotopic (exact) mass is 292 g/mol. The van der Waals surface area contributed by atoms with Crippen LogP contribution in [0.15, 0.2) is 36.7 Å². The normalized spacial score (nSPS) is 11.8. The molecule has 0 aliphatic rings. The van der Waals surface area contributed by atoms with Crippen LogP contribution >= 0.6 is 0 Å². The summed E-state index contributed by atoms with van der Waals surface area (Å²) in [6.45, 7) is 2.08. The Bertz CT molecular complexity index is 615. The Morgan fingerprint density at radius 3 is 3.00 bits per heavy atom. The molecule has 1 unspecified atom stereocenters. The molecular weight excluding hydrogens is 275 g/mol. The molecule has 0 aliphatic heterocycles. The van der Waals surface area contributed by atoms with Crippen LogP contribution in [0.3, 0.4) is 0 Å². The number of halogens is 1. The molecule has 0 saturated heterocycles. The van der Waals surface area contributed by atoms with Gasteiger partial charge in [0.1, 0.15) is 17.7 Å². The van der Waals surface area contributed by atoms with Gasteiger partial charge in [-0.05, 0) is 19.1 Å². The van der Waals surface area contributed by atoms with E-state index < -0.39 is 0 Å². The fraction of sp³-hybridized carbons (Fsp3) is 0.286. The second-order valence-electron chi connectivity index (χ2n) is 4.62. The van der Waals surface area contributed by atoms with E-state index in [4.69, 9.17) is 4.74 Å². The molecule has 112 valence electrons.